The average molecular weight is 239 g/mol. The summed E-state index contributed by atoms with van der Waals surface area (Å²) in [5, 5.41) is 2.94. The summed E-state index contributed by atoms with van der Waals surface area (Å²) >= 11 is 0. The number of carbonyl (C=O) groups excluding carboxylic acids is 1. The summed E-state index contributed by atoms with van der Waals surface area (Å²) in [6, 6.07) is 3.97. The first-order valence-electron chi connectivity index (χ1n) is 5.76. The van der Waals surface area contributed by atoms with Gasteiger partial charge in [0.15, 0.2) is 0 Å². The first-order chi connectivity index (χ1) is 8.10. The summed E-state index contributed by atoms with van der Waals surface area (Å²) in [5.41, 5.74) is 1.25. The molecule has 94 valence electrons. The van der Waals surface area contributed by atoms with Crippen LogP contribution in [0.5, 0.6) is 0 Å². The third-order valence-electron chi connectivity index (χ3n) is 2.39. The molecule has 0 aliphatic carbocycles. The van der Waals surface area contributed by atoms with E-state index in [2.05, 4.69) is 5.32 Å². The van der Waals surface area contributed by atoms with E-state index in [1.54, 1.807) is 19.1 Å². The number of ether oxygens (including phenoxy) is 1. The van der Waals surface area contributed by atoms with E-state index in [1.165, 1.54) is 6.07 Å². The van der Waals surface area contributed by atoms with E-state index in [0.29, 0.717) is 12.1 Å². The number of halogens is 1. The van der Waals surface area contributed by atoms with Gasteiger partial charge in [0.1, 0.15) is 11.9 Å². The van der Waals surface area contributed by atoms with Crippen LogP contribution in [0.15, 0.2) is 18.2 Å². The molecule has 0 aliphatic rings. The molecular formula is C13H18FNO2. The minimum Gasteiger partial charge on any atom is -0.465 e. The van der Waals surface area contributed by atoms with Crippen LogP contribution >= 0.6 is 0 Å². The third kappa shape index (κ3) is 3.53. The summed E-state index contributed by atoms with van der Waals surface area (Å²) in [4.78, 5) is 11.7. The molecule has 0 saturated heterocycles. The maximum Gasteiger partial charge on any atom is 0.327 e. The number of aryl methyl sites for hydroxylation is 1. The van der Waals surface area contributed by atoms with Crippen LogP contribution in [0.4, 0.5) is 4.39 Å². The van der Waals surface area contributed by atoms with Crippen molar-refractivity contribution in [2.45, 2.75) is 26.8 Å². The number of carbonyl (C=O) groups is 1. The Morgan fingerprint density at radius 2 is 2.18 bits per heavy atom. The Hall–Kier alpha value is -1.42. The molecule has 0 radical (unpaired) electrons. The van der Waals surface area contributed by atoms with E-state index >= 15 is 0 Å². The zero-order valence-corrected chi connectivity index (χ0v) is 10.4. The number of nitrogens with one attached hydrogen (secondary N) is 1. The van der Waals surface area contributed by atoms with Crippen LogP contribution in [0, 0.1) is 12.7 Å². The summed E-state index contributed by atoms with van der Waals surface area (Å²) in [5.74, 6) is -0.839. The Bertz CT molecular complexity index is 393. The monoisotopic (exact) mass is 239 g/mol. The minimum atomic E-state index is -0.736. The van der Waals surface area contributed by atoms with Gasteiger partial charge in [0.25, 0.3) is 0 Å². The highest BCUT2D eigenvalue weighted by molar-refractivity contribution is 5.77. The second-order valence-electron chi connectivity index (χ2n) is 3.77. The van der Waals surface area contributed by atoms with E-state index in [4.69, 9.17) is 4.74 Å². The van der Waals surface area contributed by atoms with Crippen LogP contribution in [0.3, 0.4) is 0 Å². The van der Waals surface area contributed by atoms with Gasteiger partial charge < -0.3 is 10.1 Å². The number of esters is 1. The molecule has 0 fully saturated rings. The molecule has 0 aliphatic heterocycles. The normalized spacial score (nSPS) is 12.2. The van der Waals surface area contributed by atoms with E-state index in [-0.39, 0.29) is 6.61 Å². The quantitative estimate of drug-likeness (QED) is 0.801. The molecule has 0 bridgehead atoms. The van der Waals surface area contributed by atoms with E-state index in [0.717, 1.165) is 5.56 Å². The SMILES string of the molecule is CCNC(C(=O)OCC)c1cc(C)ccc1F. The molecule has 0 saturated carbocycles. The molecule has 1 N–H and O–H groups in total. The number of likely N-dealkylation sites (N-methyl/N-ethyl adjacent to an activating group) is 1. The molecule has 1 unspecified atom stereocenters. The average Bonchev–Trinajstić information content (AvgIpc) is 2.30. The summed E-state index contributed by atoms with van der Waals surface area (Å²) < 4.78 is 18.6. The molecule has 0 heterocycles. The molecule has 0 amide bonds. The van der Waals surface area contributed by atoms with Gasteiger partial charge in [0.2, 0.25) is 0 Å². The maximum absolute atomic E-state index is 13.7. The van der Waals surface area contributed by atoms with Crippen LogP contribution in [0.25, 0.3) is 0 Å². The van der Waals surface area contributed by atoms with Crippen LogP contribution in [0.2, 0.25) is 0 Å². The Morgan fingerprint density at radius 3 is 2.76 bits per heavy atom. The van der Waals surface area contributed by atoms with Crippen molar-refractivity contribution in [3.63, 3.8) is 0 Å². The minimum absolute atomic E-state index is 0.286. The highest BCUT2D eigenvalue weighted by Crippen LogP contribution is 2.20. The predicted molar refractivity (Wildman–Crippen MR) is 64.2 cm³/mol. The van der Waals surface area contributed by atoms with Crippen molar-refractivity contribution in [1.29, 1.82) is 0 Å². The molecule has 4 heteroatoms. The first-order valence-corrected chi connectivity index (χ1v) is 5.76. The standard InChI is InChI=1S/C13H18FNO2/c1-4-15-12(13(16)17-5-2)10-8-9(3)6-7-11(10)14/h6-8,12,15H,4-5H2,1-3H3. The Balaban J connectivity index is 3.04. The Labute approximate surface area is 101 Å². The van der Waals surface area contributed by atoms with Gasteiger partial charge in [-0.25, -0.2) is 9.18 Å². The molecule has 0 spiro atoms. The molecule has 1 aromatic carbocycles. The van der Waals surface area contributed by atoms with Crippen molar-refractivity contribution in [2.75, 3.05) is 13.2 Å². The zero-order valence-electron chi connectivity index (χ0n) is 10.4. The van der Waals surface area contributed by atoms with Crippen molar-refractivity contribution in [3.8, 4) is 0 Å². The second-order valence-corrected chi connectivity index (χ2v) is 3.77. The summed E-state index contributed by atoms with van der Waals surface area (Å²) in [6.07, 6.45) is 0. The molecular weight excluding hydrogens is 221 g/mol. The fourth-order valence-corrected chi connectivity index (χ4v) is 1.63. The highest BCUT2D eigenvalue weighted by Gasteiger charge is 2.23. The number of hydrogen-bond acceptors (Lipinski definition) is 3. The Kier molecular flexibility index (Phi) is 5.10. The van der Waals surface area contributed by atoms with Gasteiger partial charge in [-0.05, 0) is 26.5 Å². The van der Waals surface area contributed by atoms with Gasteiger partial charge in [-0.15, -0.1) is 0 Å². The van der Waals surface area contributed by atoms with Crippen molar-refractivity contribution >= 4 is 5.97 Å². The van der Waals surface area contributed by atoms with Gasteiger partial charge in [-0.2, -0.15) is 0 Å². The molecule has 0 aromatic heterocycles. The molecule has 17 heavy (non-hydrogen) atoms. The van der Waals surface area contributed by atoms with Crippen LogP contribution in [-0.4, -0.2) is 19.1 Å². The fourth-order valence-electron chi connectivity index (χ4n) is 1.63. The van der Waals surface area contributed by atoms with Crippen molar-refractivity contribution < 1.29 is 13.9 Å². The number of hydrogen-bond donors (Lipinski definition) is 1. The lowest BCUT2D eigenvalue weighted by Crippen LogP contribution is -2.31. The lowest BCUT2D eigenvalue weighted by molar-refractivity contribution is -0.145. The lowest BCUT2D eigenvalue weighted by Gasteiger charge is -2.17. The highest BCUT2D eigenvalue weighted by atomic mass is 19.1. The van der Waals surface area contributed by atoms with Gasteiger partial charge in [-0.3, -0.25) is 0 Å². The maximum atomic E-state index is 13.7. The second kappa shape index (κ2) is 6.35. The topological polar surface area (TPSA) is 38.3 Å². The van der Waals surface area contributed by atoms with Crippen molar-refractivity contribution in [3.05, 3.63) is 35.1 Å². The molecule has 1 aromatic rings. The van der Waals surface area contributed by atoms with E-state index in [1.807, 2.05) is 13.8 Å². The van der Waals surface area contributed by atoms with E-state index < -0.39 is 17.8 Å². The largest absolute Gasteiger partial charge is 0.465 e. The summed E-state index contributed by atoms with van der Waals surface area (Å²) in [7, 11) is 0. The molecule has 3 nitrogen and oxygen atoms in total. The summed E-state index contributed by atoms with van der Waals surface area (Å²) in [6.45, 7) is 6.30. The van der Waals surface area contributed by atoms with Gasteiger partial charge in [-0.1, -0.05) is 24.6 Å². The lowest BCUT2D eigenvalue weighted by atomic mass is 10.0. The predicted octanol–water partition coefficient (Wildman–Crippen LogP) is 2.35. The molecule has 1 atom stereocenters. The van der Waals surface area contributed by atoms with Crippen LogP contribution in [0.1, 0.15) is 31.0 Å². The van der Waals surface area contributed by atoms with Crippen LogP contribution < -0.4 is 5.32 Å². The third-order valence-corrected chi connectivity index (χ3v) is 2.39. The van der Waals surface area contributed by atoms with E-state index in [9.17, 15) is 9.18 Å². The Morgan fingerprint density at radius 1 is 1.47 bits per heavy atom. The van der Waals surface area contributed by atoms with Gasteiger partial charge >= 0.3 is 5.97 Å². The number of rotatable bonds is 5. The van der Waals surface area contributed by atoms with Crippen molar-refractivity contribution in [1.82, 2.24) is 5.32 Å². The fraction of sp³-hybridized carbons (Fsp3) is 0.462. The van der Waals surface area contributed by atoms with Crippen molar-refractivity contribution in [2.24, 2.45) is 0 Å². The van der Waals surface area contributed by atoms with Crippen LogP contribution in [-0.2, 0) is 9.53 Å². The first kappa shape index (κ1) is 13.6. The van der Waals surface area contributed by atoms with Gasteiger partial charge in [0, 0.05) is 5.56 Å². The molecule has 1 rings (SSSR count). The smallest absolute Gasteiger partial charge is 0.327 e. The zero-order chi connectivity index (χ0) is 12.8. The van der Waals surface area contributed by atoms with Gasteiger partial charge in [0.05, 0.1) is 6.61 Å². The number of benzene rings is 1.